The van der Waals surface area contributed by atoms with Crippen molar-refractivity contribution < 1.29 is 4.79 Å². The molecule has 0 aliphatic carbocycles. The molecule has 3 rings (SSSR count). The molecule has 80 valence electrons. The van der Waals surface area contributed by atoms with E-state index in [0.29, 0.717) is 0 Å². The van der Waals surface area contributed by atoms with Crippen molar-refractivity contribution in [2.45, 2.75) is 12.3 Å². The number of para-hydroxylation sites is 1. The summed E-state index contributed by atoms with van der Waals surface area (Å²) < 4.78 is 0. The SMILES string of the molecule is O=C1Nc2ccccc2C1Cc1cccs1. The zero-order chi connectivity index (χ0) is 11.0. The number of benzene rings is 1. The Labute approximate surface area is 97.9 Å². The van der Waals surface area contributed by atoms with Crippen LogP contribution in [0.15, 0.2) is 41.8 Å². The van der Waals surface area contributed by atoms with Gasteiger partial charge < -0.3 is 5.32 Å². The molecule has 1 aromatic heterocycles. The van der Waals surface area contributed by atoms with E-state index >= 15 is 0 Å². The summed E-state index contributed by atoms with van der Waals surface area (Å²) in [5.41, 5.74) is 2.09. The van der Waals surface area contributed by atoms with E-state index < -0.39 is 0 Å². The summed E-state index contributed by atoms with van der Waals surface area (Å²) >= 11 is 1.71. The van der Waals surface area contributed by atoms with Gasteiger partial charge in [-0.2, -0.15) is 0 Å². The average molecular weight is 229 g/mol. The van der Waals surface area contributed by atoms with E-state index in [2.05, 4.69) is 11.4 Å². The van der Waals surface area contributed by atoms with Crippen LogP contribution in [0.3, 0.4) is 0 Å². The molecule has 2 heterocycles. The minimum absolute atomic E-state index is 0.0187. The fraction of sp³-hybridized carbons (Fsp3) is 0.154. The predicted octanol–water partition coefficient (Wildman–Crippen LogP) is 3.03. The average Bonchev–Trinajstić information content (AvgIpc) is 2.89. The number of fused-ring (bicyclic) bond motifs is 1. The molecule has 0 bridgehead atoms. The van der Waals surface area contributed by atoms with Crippen LogP contribution >= 0.6 is 11.3 Å². The fourth-order valence-electron chi connectivity index (χ4n) is 2.11. The molecule has 0 saturated heterocycles. The summed E-state index contributed by atoms with van der Waals surface area (Å²) in [6.45, 7) is 0. The van der Waals surface area contributed by atoms with Gasteiger partial charge in [0.15, 0.2) is 0 Å². The number of carbonyl (C=O) groups excluding carboxylic acids is 1. The van der Waals surface area contributed by atoms with Crippen LogP contribution in [0.25, 0.3) is 0 Å². The van der Waals surface area contributed by atoms with Gasteiger partial charge in [-0.05, 0) is 29.5 Å². The molecule has 1 aromatic carbocycles. The topological polar surface area (TPSA) is 29.1 Å². The van der Waals surface area contributed by atoms with E-state index in [-0.39, 0.29) is 11.8 Å². The van der Waals surface area contributed by atoms with Crippen molar-refractivity contribution >= 4 is 22.9 Å². The van der Waals surface area contributed by atoms with Crippen molar-refractivity contribution in [3.05, 3.63) is 52.2 Å². The molecule has 0 fully saturated rings. The summed E-state index contributed by atoms with van der Waals surface area (Å²) in [4.78, 5) is 13.1. The van der Waals surface area contributed by atoms with E-state index in [4.69, 9.17) is 0 Å². The lowest BCUT2D eigenvalue weighted by atomic mass is 9.97. The van der Waals surface area contributed by atoms with Gasteiger partial charge in [0.1, 0.15) is 0 Å². The monoisotopic (exact) mass is 229 g/mol. The summed E-state index contributed by atoms with van der Waals surface area (Å²) in [5.74, 6) is 0.101. The molecule has 1 N–H and O–H groups in total. The molecular weight excluding hydrogens is 218 g/mol. The highest BCUT2D eigenvalue weighted by Gasteiger charge is 2.30. The molecule has 0 spiro atoms. The number of amides is 1. The van der Waals surface area contributed by atoms with Crippen molar-refractivity contribution in [3.63, 3.8) is 0 Å². The van der Waals surface area contributed by atoms with Crippen LogP contribution in [0.5, 0.6) is 0 Å². The van der Waals surface area contributed by atoms with E-state index in [1.165, 1.54) is 4.88 Å². The van der Waals surface area contributed by atoms with Gasteiger partial charge in [-0.25, -0.2) is 0 Å². The molecule has 3 heteroatoms. The van der Waals surface area contributed by atoms with Gasteiger partial charge in [0.25, 0.3) is 0 Å². The number of hydrogen-bond acceptors (Lipinski definition) is 2. The minimum Gasteiger partial charge on any atom is -0.325 e. The van der Waals surface area contributed by atoms with Gasteiger partial charge in [-0.1, -0.05) is 24.3 Å². The molecule has 1 aliphatic rings. The Bertz CT molecular complexity index is 518. The van der Waals surface area contributed by atoms with Crippen molar-refractivity contribution in [2.75, 3.05) is 5.32 Å². The van der Waals surface area contributed by atoms with Crippen molar-refractivity contribution in [1.82, 2.24) is 0 Å². The first kappa shape index (κ1) is 9.60. The molecule has 16 heavy (non-hydrogen) atoms. The first-order valence-corrected chi connectivity index (χ1v) is 6.15. The number of rotatable bonds is 2. The second-order valence-corrected chi connectivity index (χ2v) is 4.94. The summed E-state index contributed by atoms with van der Waals surface area (Å²) in [7, 11) is 0. The lowest BCUT2D eigenvalue weighted by Gasteiger charge is -2.06. The van der Waals surface area contributed by atoms with Crippen LogP contribution < -0.4 is 5.32 Å². The Kier molecular flexibility index (Phi) is 2.26. The third-order valence-electron chi connectivity index (χ3n) is 2.90. The lowest BCUT2D eigenvalue weighted by Crippen LogP contribution is -2.13. The molecule has 1 amide bonds. The largest absolute Gasteiger partial charge is 0.325 e. The zero-order valence-corrected chi connectivity index (χ0v) is 9.46. The fourth-order valence-corrected chi connectivity index (χ4v) is 2.86. The number of hydrogen-bond donors (Lipinski definition) is 1. The number of carbonyl (C=O) groups is 1. The molecule has 2 aromatic rings. The van der Waals surface area contributed by atoms with E-state index in [9.17, 15) is 4.79 Å². The quantitative estimate of drug-likeness (QED) is 0.842. The van der Waals surface area contributed by atoms with Crippen LogP contribution in [0, 0.1) is 0 Å². The van der Waals surface area contributed by atoms with Crippen molar-refractivity contribution in [2.24, 2.45) is 0 Å². The third kappa shape index (κ3) is 1.53. The highest BCUT2D eigenvalue weighted by molar-refractivity contribution is 7.09. The Morgan fingerprint density at radius 3 is 2.88 bits per heavy atom. The Morgan fingerprint density at radius 2 is 2.06 bits per heavy atom. The van der Waals surface area contributed by atoms with Crippen molar-refractivity contribution in [3.8, 4) is 0 Å². The maximum atomic E-state index is 11.9. The maximum Gasteiger partial charge on any atom is 0.232 e. The van der Waals surface area contributed by atoms with Gasteiger partial charge >= 0.3 is 0 Å². The number of anilines is 1. The van der Waals surface area contributed by atoms with Crippen LogP contribution in [0.1, 0.15) is 16.4 Å². The summed E-state index contributed by atoms with van der Waals surface area (Å²) in [6.07, 6.45) is 0.806. The summed E-state index contributed by atoms with van der Waals surface area (Å²) in [5, 5.41) is 4.98. The van der Waals surface area contributed by atoms with Gasteiger partial charge in [0, 0.05) is 10.6 Å². The first-order chi connectivity index (χ1) is 7.84. The third-order valence-corrected chi connectivity index (χ3v) is 3.79. The Morgan fingerprint density at radius 1 is 1.19 bits per heavy atom. The normalized spacial score (nSPS) is 18.2. The van der Waals surface area contributed by atoms with Gasteiger partial charge in [-0.3, -0.25) is 4.79 Å². The number of thiophene rings is 1. The zero-order valence-electron chi connectivity index (χ0n) is 8.64. The highest BCUT2D eigenvalue weighted by atomic mass is 32.1. The van der Waals surface area contributed by atoms with Crippen molar-refractivity contribution in [1.29, 1.82) is 0 Å². The molecule has 1 aliphatic heterocycles. The molecule has 0 saturated carbocycles. The van der Waals surface area contributed by atoms with E-state index in [1.54, 1.807) is 11.3 Å². The van der Waals surface area contributed by atoms with Crippen LogP contribution in [0.4, 0.5) is 5.69 Å². The Hall–Kier alpha value is -1.61. The Balaban J connectivity index is 1.93. The smallest absolute Gasteiger partial charge is 0.232 e. The minimum atomic E-state index is -0.0187. The molecule has 2 nitrogen and oxygen atoms in total. The number of nitrogens with one attached hydrogen (secondary N) is 1. The molecule has 1 atom stereocenters. The van der Waals surface area contributed by atoms with Crippen LogP contribution in [0.2, 0.25) is 0 Å². The first-order valence-electron chi connectivity index (χ1n) is 5.27. The van der Waals surface area contributed by atoms with Crippen LogP contribution in [-0.2, 0) is 11.2 Å². The predicted molar refractivity (Wildman–Crippen MR) is 65.8 cm³/mol. The second kappa shape index (κ2) is 3.76. The van der Waals surface area contributed by atoms with E-state index in [0.717, 1.165) is 17.7 Å². The molecular formula is C13H11NOS. The van der Waals surface area contributed by atoms with Crippen LogP contribution in [-0.4, -0.2) is 5.91 Å². The van der Waals surface area contributed by atoms with Gasteiger partial charge in [0.2, 0.25) is 5.91 Å². The van der Waals surface area contributed by atoms with Gasteiger partial charge in [-0.15, -0.1) is 11.3 Å². The molecule has 1 unspecified atom stereocenters. The maximum absolute atomic E-state index is 11.9. The highest BCUT2D eigenvalue weighted by Crippen LogP contribution is 2.35. The second-order valence-electron chi connectivity index (χ2n) is 3.91. The summed E-state index contributed by atoms with van der Waals surface area (Å²) in [6, 6.07) is 12.0. The van der Waals surface area contributed by atoms with E-state index in [1.807, 2.05) is 35.7 Å². The molecule has 0 radical (unpaired) electrons. The van der Waals surface area contributed by atoms with Gasteiger partial charge in [0.05, 0.1) is 5.92 Å². The standard InChI is InChI=1S/C13H11NOS/c15-13-11(8-9-4-3-7-16-9)10-5-1-2-6-12(10)14-13/h1-7,11H,8H2,(H,14,15). The lowest BCUT2D eigenvalue weighted by molar-refractivity contribution is -0.117.